The summed E-state index contributed by atoms with van der Waals surface area (Å²) in [6.45, 7) is 1.77. The maximum absolute atomic E-state index is 8.88. The molecule has 2 atom stereocenters. The highest BCUT2D eigenvalue weighted by atomic mass is 16.5. The van der Waals surface area contributed by atoms with Crippen LogP contribution < -0.4 is 5.32 Å². The summed E-state index contributed by atoms with van der Waals surface area (Å²) in [6, 6.07) is 0.511. The molecule has 2 bridgehead atoms. The number of hydrogen-bond acceptors (Lipinski definition) is 3. The van der Waals surface area contributed by atoms with Gasteiger partial charge in [0.2, 0.25) is 0 Å². The van der Waals surface area contributed by atoms with Crippen molar-refractivity contribution in [2.75, 3.05) is 19.8 Å². The summed E-state index contributed by atoms with van der Waals surface area (Å²) in [5.74, 6) is 0. The molecule has 0 unspecified atom stereocenters. The zero-order chi connectivity index (χ0) is 6.32. The first-order valence-corrected chi connectivity index (χ1v) is 3.33. The molecule has 0 aromatic rings. The van der Waals surface area contributed by atoms with Gasteiger partial charge in [0.05, 0.1) is 13.2 Å². The molecule has 0 radical (unpaired) electrons. The van der Waals surface area contributed by atoms with Crippen LogP contribution in [0.15, 0.2) is 0 Å². The van der Waals surface area contributed by atoms with Gasteiger partial charge in [0.15, 0.2) is 0 Å². The average molecular weight is 129 g/mol. The molecule has 0 aromatic carbocycles. The number of aliphatic hydroxyl groups is 1. The lowest BCUT2D eigenvalue weighted by atomic mass is 10.1. The molecule has 0 saturated carbocycles. The smallest absolute Gasteiger partial charge is 0.105 e. The third-order valence-corrected chi connectivity index (χ3v) is 2.21. The summed E-state index contributed by atoms with van der Waals surface area (Å²) in [7, 11) is 0. The molecule has 2 N–H and O–H groups in total. The number of hydrogen-bond donors (Lipinski definition) is 2. The van der Waals surface area contributed by atoms with Crippen molar-refractivity contribution < 1.29 is 9.84 Å². The summed E-state index contributed by atoms with van der Waals surface area (Å²) < 4.78 is 5.38. The van der Waals surface area contributed by atoms with Crippen molar-refractivity contribution in [3.63, 3.8) is 0 Å². The topological polar surface area (TPSA) is 41.5 Å². The van der Waals surface area contributed by atoms with Crippen molar-refractivity contribution in [2.45, 2.75) is 18.1 Å². The van der Waals surface area contributed by atoms with Crippen LogP contribution in [0, 0.1) is 0 Å². The Morgan fingerprint density at radius 2 is 2.67 bits per heavy atom. The van der Waals surface area contributed by atoms with Crippen LogP contribution in [0.4, 0.5) is 0 Å². The highest BCUT2D eigenvalue weighted by molar-refractivity contribution is 5.00. The summed E-state index contributed by atoms with van der Waals surface area (Å²) in [6.07, 6.45) is 0.990. The van der Waals surface area contributed by atoms with E-state index in [9.17, 15) is 0 Å². The third kappa shape index (κ3) is 0.689. The molecule has 0 spiro atoms. The van der Waals surface area contributed by atoms with Gasteiger partial charge in [0.1, 0.15) is 5.60 Å². The number of nitrogens with one attached hydrogen (secondary N) is 1. The SMILES string of the molecule is OC[C@]12CN[C@H](CO1)C2. The van der Waals surface area contributed by atoms with Crippen molar-refractivity contribution >= 4 is 0 Å². The second-order valence-electron chi connectivity index (χ2n) is 2.93. The highest BCUT2D eigenvalue weighted by Crippen LogP contribution is 2.30. The lowest BCUT2D eigenvalue weighted by molar-refractivity contribution is -0.0432. The number of ether oxygens (including phenoxy) is 1. The molecule has 0 amide bonds. The predicted molar refractivity (Wildman–Crippen MR) is 32.2 cm³/mol. The molecular formula is C6H11NO2. The normalized spacial score (nSPS) is 48.3. The first-order valence-electron chi connectivity index (χ1n) is 3.33. The van der Waals surface area contributed by atoms with Gasteiger partial charge in [0.25, 0.3) is 0 Å². The second-order valence-corrected chi connectivity index (χ2v) is 2.93. The van der Waals surface area contributed by atoms with E-state index in [1.165, 1.54) is 0 Å². The van der Waals surface area contributed by atoms with E-state index in [0.717, 1.165) is 19.6 Å². The summed E-state index contributed by atoms with van der Waals surface area (Å²) in [5.41, 5.74) is -0.204. The minimum absolute atomic E-state index is 0.163. The minimum Gasteiger partial charge on any atom is -0.393 e. The van der Waals surface area contributed by atoms with Crippen LogP contribution in [0.2, 0.25) is 0 Å². The molecule has 2 saturated heterocycles. The zero-order valence-corrected chi connectivity index (χ0v) is 5.26. The Bertz CT molecular complexity index is 118. The fourth-order valence-corrected chi connectivity index (χ4v) is 1.60. The number of morpholine rings is 1. The Kier molecular flexibility index (Phi) is 1.06. The van der Waals surface area contributed by atoms with Crippen molar-refractivity contribution in [3.8, 4) is 0 Å². The third-order valence-electron chi connectivity index (χ3n) is 2.21. The van der Waals surface area contributed by atoms with Crippen LogP contribution in [0.25, 0.3) is 0 Å². The quantitative estimate of drug-likeness (QED) is 0.482. The van der Waals surface area contributed by atoms with Crippen LogP contribution >= 0.6 is 0 Å². The van der Waals surface area contributed by atoms with E-state index in [1.54, 1.807) is 0 Å². The van der Waals surface area contributed by atoms with E-state index >= 15 is 0 Å². The van der Waals surface area contributed by atoms with Crippen molar-refractivity contribution in [2.24, 2.45) is 0 Å². The van der Waals surface area contributed by atoms with Gasteiger partial charge < -0.3 is 15.2 Å². The van der Waals surface area contributed by atoms with Crippen LogP contribution in [0.3, 0.4) is 0 Å². The molecular weight excluding hydrogens is 118 g/mol. The number of rotatable bonds is 1. The Balaban J connectivity index is 2.13. The Labute approximate surface area is 54.0 Å². The van der Waals surface area contributed by atoms with Gasteiger partial charge >= 0.3 is 0 Å². The Morgan fingerprint density at radius 3 is 2.89 bits per heavy atom. The van der Waals surface area contributed by atoms with E-state index in [-0.39, 0.29) is 12.2 Å². The fourth-order valence-electron chi connectivity index (χ4n) is 1.60. The van der Waals surface area contributed by atoms with Crippen molar-refractivity contribution in [1.29, 1.82) is 0 Å². The van der Waals surface area contributed by atoms with Gasteiger partial charge in [-0.3, -0.25) is 0 Å². The summed E-state index contributed by atoms with van der Waals surface area (Å²) >= 11 is 0. The lowest BCUT2D eigenvalue weighted by Crippen LogP contribution is -2.41. The standard InChI is InChI=1S/C6H11NO2/c8-4-6-1-5(2-9-6)7-3-6/h5,7-8H,1-4H2/t5-,6-/m0/s1. The maximum atomic E-state index is 8.88. The minimum atomic E-state index is -0.204. The molecule has 9 heavy (non-hydrogen) atoms. The van der Waals surface area contributed by atoms with Crippen LogP contribution in [-0.2, 0) is 4.74 Å². The number of fused-ring (bicyclic) bond motifs is 2. The first kappa shape index (κ1) is 5.65. The molecule has 52 valence electrons. The van der Waals surface area contributed by atoms with Gasteiger partial charge in [-0.25, -0.2) is 0 Å². The summed E-state index contributed by atoms with van der Waals surface area (Å²) in [5, 5.41) is 12.1. The monoisotopic (exact) mass is 129 g/mol. The molecule has 2 rings (SSSR count). The summed E-state index contributed by atoms with van der Waals surface area (Å²) in [4.78, 5) is 0. The first-order chi connectivity index (χ1) is 4.35. The molecule has 3 nitrogen and oxygen atoms in total. The largest absolute Gasteiger partial charge is 0.393 e. The van der Waals surface area contributed by atoms with Crippen LogP contribution in [0.5, 0.6) is 0 Å². The molecule has 0 aromatic heterocycles. The lowest BCUT2D eigenvalue weighted by Gasteiger charge is -2.23. The van der Waals surface area contributed by atoms with E-state index in [1.807, 2.05) is 0 Å². The van der Waals surface area contributed by atoms with E-state index in [0.29, 0.717) is 6.04 Å². The molecule has 3 heteroatoms. The van der Waals surface area contributed by atoms with Crippen molar-refractivity contribution in [1.82, 2.24) is 5.32 Å². The molecule has 2 aliphatic heterocycles. The van der Waals surface area contributed by atoms with Crippen molar-refractivity contribution in [3.05, 3.63) is 0 Å². The van der Waals surface area contributed by atoms with Crippen LogP contribution in [0.1, 0.15) is 6.42 Å². The van der Waals surface area contributed by atoms with E-state index in [4.69, 9.17) is 9.84 Å². The molecule has 0 aliphatic carbocycles. The molecule has 2 fully saturated rings. The Hall–Kier alpha value is -0.120. The average Bonchev–Trinajstić information content (AvgIpc) is 2.46. The number of aliphatic hydroxyl groups excluding tert-OH is 1. The van der Waals surface area contributed by atoms with Gasteiger partial charge in [-0.1, -0.05) is 0 Å². The van der Waals surface area contributed by atoms with E-state index < -0.39 is 0 Å². The fraction of sp³-hybridized carbons (Fsp3) is 1.00. The molecule has 2 aliphatic rings. The highest BCUT2D eigenvalue weighted by Gasteiger charge is 2.45. The van der Waals surface area contributed by atoms with Crippen LogP contribution in [-0.4, -0.2) is 36.5 Å². The van der Waals surface area contributed by atoms with Gasteiger partial charge in [-0.15, -0.1) is 0 Å². The van der Waals surface area contributed by atoms with Gasteiger partial charge in [0, 0.05) is 12.6 Å². The van der Waals surface area contributed by atoms with E-state index in [2.05, 4.69) is 5.32 Å². The second kappa shape index (κ2) is 1.68. The molecule has 2 heterocycles. The zero-order valence-electron chi connectivity index (χ0n) is 5.26. The maximum Gasteiger partial charge on any atom is 0.105 e. The predicted octanol–water partition coefficient (Wildman–Crippen LogP) is -0.890. The van der Waals surface area contributed by atoms with Gasteiger partial charge in [-0.2, -0.15) is 0 Å². The Morgan fingerprint density at radius 1 is 1.78 bits per heavy atom. The van der Waals surface area contributed by atoms with Gasteiger partial charge in [-0.05, 0) is 6.42 Å².